The van der Waals surface area contributed by atoms with Crippen molar-refractivity contribution in [2.45, 2.75) is 52.9 Å². The van der Waals surface area contributed by atoms with E-state index in [9.17, 15) is 0 Å². The molecule has 1 aliphatic rings. The predicted molar refractivity (Wildman–Crippen MR) is 105 cm³/mol. The first-order valence-electron chi connectivity index (χ1n) is 8.94. The Bertz CT molecular complexity index is 766. The van der Waals surface area contributed by atoms with Crippen molar-refractivity contribution in [3.8, 4) is 0 Å². The number of rotatable bonds is 3. The van der Waals surface area contributed by atoms with Gasteiger partial charge in [-0.2, -0.15) is 0 Å². The van der Waals surface area contributed by atoms with E-state index in [4.69, 9.17) is 0 Å². The minimum atomic E-state index is -0.0678. The van der Waals surface area contributed by atoms with Gasteiger partial charge in [-0.05, 0) is 80.8 Å². The van der Waals surface area contributed by atoms with E-state index < -0.39 is 0 Å². The maximum absolute atomic E-state index is 2.40. The largest absolute Gasteiger partial charge is 0.0842 e. The van der Waals surface area contributed by atoms with E-state index in [1.165, 1.54) is 39.0 Å². The topological polar surface area (TPSA) is 0 Å². The maximum Gasteiger partial charge on any atom is 0.0386 e. The number of hydrogen-bond acceptors (Lipinski definition) is 0. The van der Waals surface area contributed by atoms with Crippen molar-refractivity contribution in [2.24, 2.45) is 0 Å². The molecule has 2 aromatic rings. The molecule has 24 heavy (non-hydrogen) atoms. The highest BCUT2D eigenvalue weighted by atomic mass is 14.4. The summed E-state index contributed by atoms with van der Waals surface area (Å²) in [5, 5.41) is 0. The van der Waals surface area contributed by atoms with E-state index in [1.807, 2.05) is 0 Å². The fraction of sp³-hybridized carbons (Fsp3) is 0.333. The first-order valence-corrected chi connectivity index (χ1v) is 8.94. The van der Waals surface area contributed by atoms with Crippen LogP contribution in [0.5, 0.6) is 0 Å². The third-order valence-electron chi connectivity index (χ3n) is 5.82. The Kier molecular flexibility index (Phi) is 4.49. The summed E-state index contributed by atoms with van der Waals surface area (Å²) in [6, 6.07) is 13.9. The summed E-state index contributed by atoms with van der Waals surface area (Å²) >= 11 is 0. The van der Waals surface area contributed by atoms with Gasteiger partial charge in [0.15, 0.2) is 0 Å². The zero-order valence-electron chi connectivity index (χ0n) is 15.6. The number of benzene rings is 2. The lowest BCUT2D eigenvalue weighted by molar-refractivity contribution is 0.632. The standard InChI is InChI=1S/C24H28/c1-17-11-13-22(15-19(17)3)24(5,21-9-7-6-8-10-21)23-14-12-18(2)20(4)16-23/h6-7,9,11-16H,8,10H2,1-5H3. The molecule has 0 amide bonds. The quantitative estimate of drug-likeness (QED) is 0.606. The Morgan fingerprint density at radius 3 is 1.71 bits per heavy atom. The second kappa shape index (κ2) is 6.43. The lowest BCUT2D eigenvalue weighted by Gasteiger charge is -2.36. The summed E-state index contributed by atoms with van der Waals surface area (Å²) in [6.07, 6.45) is 9.09. The van der Waals surface area contributed by atoms with Gasteiger partial charge in [0.2, 0.25) is 0 Å². The molecule has 0 radical (unpaired) electrons. The normalized spacial score (nSPS) is 14.6. The van der Waals surface area contributed by atoms with Crippen LogP contribution in [0.15, 0.2) is 60.2 Å². The Morgan fingerprint density at radius 1 is 0.750 bits per heavy atom. The van der Waals surface area contributed by atoms with Crippen molar-refractivity contribution in [2.75, 3.05) is 0 Å². The van der Waals surface area contributed by atoms with Gasteiger partial charge in [-0.3, -0.25) is 0 Å². The minimum absolute atomic E-state index is 0.0678. The minimum Gasteiger partial charge on any atom is -0.0842 e. The van der Waals surface area contributed by atoms with Crippen LogP contribution in [0.4, 0.5) is 0 Å². The lowest BCUT2D eigenvalue weighted by Crippen LogP contribution is -2.27. The first-order chi connectivity index (χ1) is 11.4. The Hall–Kier alpha value is -2.08. The molecule has 2 aromatic carbocycles. The maximum atomic E-state index is 2.40. The molecule has 0 atom stereocenters. The van der Waals surface area contributed by atoms with Crippen LogP contribution < -0.4 is 0 Å². The van der Waals surface area contributed by atoms with E-state index in [-0.39, 0.29) is 5.41 Å². The molecule has 0 heteroatoms. The van der Waals surface area contributed by atoms with E-state index >= 15 is 0 Å². The first kappa shape index (κ1) is 16.8. The smallest absolute Gasteiger partial charge is 0.0386 e. The van der Waals surface area contributed by atoms with Crippen LogP contribution in [0.1, 0.15) is 53.1 Å². The van der Waals surface area contributed by atoms with Gasteiger partial charge in [-0.1, -0.05) is 60.2 Å². The monoisotopic (exact) mass is 316 g/mol. The third-order valence-corrected chi connectivity index (χ3v) is 5.82. The molecule has 0 nitrogen and oxygen atoms in total. The fourth-order valence-corrected chi connectivity index (χ4v) is 3.66. The van der Waals surface area contributed by atoms with Crippen LogP contribution in [-0.2, 0) is 5.41 Å². The average Bonchev–Trinajstić information content (AvgIpc) is 2.60. The van der Waals surface area contributed by atoms with Crippen LogP contribution in [-0.4, -0.2) is 0 Å². The van der Waals surface area contributed by atoms with Crippen LogP contribution in [0.25, 0.3) is 0 Å². The number of allylic oxidation sites excluding steroid dienone is 4. The van der Waals surface area contributed by atoms with Crippen molar-refractivity contribution >= 4 is 0 Å². The van der Waals surface area contributed by atoms with Crippen molar-refractivity contribution in [3.05, 3.63) is 93.6 Å². The molecule has 0 fully saturated rings. The van der Waals surface area contributed by atoms with Crippen LogP contribution in [0.3, 0.4) is 0 Å². The highest BCUT2D eigenvalue weighted by Crippen LogP contribution is 2.42. The second-order valence-corrected chi connectivity index (χ2v) is 7.38. The summed E-state index contributed by atoms with van der Waals surface area (Å²) in [5.74, 6) is 0. The molecule has 3 rings (SSSR count). The van der Waals surface area contributed by atoms with Gasteiger partial charge >= 0.3 is 0 Å². The van der Waals surface area contributed by atoms with E-state index in [0.717, 1.165) is 12.8 Å². The molecular weight excluding hydrogens is 288 g/mol. The molecule has 124 valence electrons. The summed E-state index contributed by atoms with van der Waals surface area (Å²) in [7, 11) is 0. The van der Waals surface area contributed by atoms with Gasteiger partial charge in [0, 0.05) is 5.41 Å². The van der Waals surface area contributed by atoms with E-state index in [2.05, 4.69) is 89.2 Å². The molecule has 0 heterocycles. The Labute approximate surface area is 146 Å². The highest BCUT2D eigenvalue weighted by molar-refractivity contribution is 5.52. The van der Waals surface area contributed by atoms with Crippen molar-refractivity contribution in [1.29, 1.82) is 0 Å². The lowest BCUT2D eigenvalue weighted by atomic mass is 9.68. The van der Waals surface area contributed by atoms with Crippen LogP contribution in [0.2, 0.25) is 0 Å². The highest BCUT2D eigenvalue weighted by Gasteiger charge is 2.33. The molecular formula is C24H28. The fourth-order valence-electron chi connectivity index (χ4n) is 3.66. The molecule has 1 aliphatic carbocycles. The Morgan fingerprint density at radius 2 is 1.29 bits per heavy atom. The van der Waals surface area contributed by atoms with Gasteiger partial charge in [0.1, 0.15) is 0 Å². The third kappa shape index (κ3) is 2.86. The summed E-state index contributed by atoms with van der Waals surface area (Å²) in [6.45, 7) is 11.2. The second-order valence-electron chi connectivity index (χ2n) is 7.38. The van der Waals surface area contributed by atoms with E-state index in [0.29, 0.717) is 0 Å². The van der Waals surface area contributed by atoms with Crippen LogP contribution >= 0.6 is 0 Å². The molecule has 0 aliphatic heterocycles. The van der Waals surface area contributed by atoms with Crippen molar-refractivity contribution in [3.63, 3.8) is 0 Å². The summed E-state index contributed by atoms with van der Waals surface area (Å²) in [5.41, 5.74) is 9.70. The number of hydrogen-bond donors (Lipinski definition) is 0. The van der Waals surface area contributed by atoms with Crippen LogP contribution in [0, 0.1) is 27.7 Å². The predicted octanol–water partition coefficient (Wildman–Crippen LogP) is 6.50. The van der Waals surface area contributed by atoms with Gasteiger partial charge in [0.25, 0.3) is 0 Å². The molecule has 0 unspecified atom stereocenters. The van der Waals surface area contributed by atoms with Gasteiger partial charge in [-0.25, -0.2) is 0 Å². The molecule has 0 aromatic heterocycles. The summed E-state index contributed by atoms with van der Waals surface area (Å²) in [4.78, 5) is 0. The summed E-state index contributed by atoms with van der Waals surface area (Å²) < 4.78 is 0. The zero-order valence-corrected chi connectivity index (χ0v) is 15.6. The van der Waals surface area contributed by atoms with E-state index in [1.54, 1.807) is 0 Å². The van der Waals surface area contributed by atoms with Crippen molar-refractivity contribution in [1.82, 2.24) is 0 Å². The van der Waals surface area contributed by atoms with Gasteiger partial charge < -0.3 is 0 Å². The SMILES string of the molecule is Cc1ccc(C(C)(C2=CC=CCC2)c2ccc(C)c(C)c2)cc1C. The molecule has 0 bridgehead atoms. The molecule has 0 saturated heterocycles. The molecule has 0 saturated carbocycles. The van der Waals surface area contributed by atoms with Gasteiger partial charge in [-0.15, -0.1) is 0 Å². The Balaban J connectivity index is 2.23. The zero-order chi connectivity index (χ0) is 17.3. The molecule has 0 spiro atoms. The number of aryl methyl sites for hydroxylation is 4. The molecule has 0 N–H and O–H groups in total. The van der Waals surface area contributed by atoms with Crippen molar-refractivity contribution < 1.29 is 0 Å². The van der Waals surface area contributed by atoms with Gasteiger partial charge in [0.05, 0.1) is 0 Å². The average molecular weight is 316 g/mol.